The van der Waals surface area contributed by atoms with Crippen molar-refractivity contribution in [2.24, 2.45) is 0 Å². The van der Waals surface area contributed by atoms with E-state index in [9.17, 15) is 15.0 Å². The van der Waals surface area contributed by atoms with Gasteiger partial charge in [-0.05, 0) is 48.7 Å². The van der Waals surface area contributed by atoms with E-state index < -0.39 is 11.8 Å². The summed E-state index contributed by atoms with van der Waals surface area (Å²) in [6, 6.07) is 9.83. The Labute approximate surface area is 163 Å². The minimum Gasteiger partial charge on any atom is -0.508 e. The van der Waals surface area contributed by atoms with Gasteiger partial charge in [-0.1, -0.05) is 12.5 Å². The van der Waals surface area contributed by atoms with Crippen LogP contribution in [0.5, 0.6) is 23.0 Å². The molecule has 0 unspecified atom stereocenters. The molecule has 2 N–H and O–H groups in total. The quantitative estimate of drug-likeness (QED) is 0.473. The van der Waals surface area contributed by atoms with E-state index in [-0.39, 0.29) is 12.4 Å². The lowest BCUT2D eigenvalue weighted by Crippen LogP contribution is -2.40. The zero-order valence-corrected chi connectivity index (χ0v) is 15.4. The predicted molar refractivity (Wildman–Crippen MR) is 102 cm³/mol. The SMILES string of the molecule is O=C(/C=C/c1ccc(O)c(CO)c1)Oc1ccc2c(c1)OC1(CCCCC1)O2. The van der Waals surface area contributed by atoms with E-state index in [4.69, 9.17) is 14.2 Å². The van der Waals surface area contributed by atoms with Gasteiger partial charge in [-0.25, -0.2) is 4.79 Å². The van der Waals surface area contributed by atoms with Crippen molar-refractivity contribution >= 4 is 12.0 Å². The topological polar surface area (TPSA) is 85.2 Å². The average molecular weight is 382 g/mol. The summed E-state index contributed by atoms with van der Waals surface area (Å²) in [4.78, 5) is 12.1. The molecule has 4 rings (SSSR count). The normalized spacial score (nSPS) is 17.2. The Hall–Kier alpha value is -2.99. The van der Waals surface area contributed by atoms with E-state index in [2.05, 4.69) is 0 Å². The maximum Gasteiger partial charge on any atom is 0.336 e. The Morgan fingerprint density at radius 1 is 1.07 bits per heavy atom. The highest BCUT2D eigenvalue weighted by atomic mass is 16.7. The lowest BCUT2D eigenvalue weighted by Gasteiger charge is -2.31. The molecule has 6 heteroatoms. The Bertz CT molecular complexity index is 911. The van der Waals surface area contributed by atoms with Crippen molar-refractivity contribution in [3.63, 3.8) is 0 Å². The van der Waals surface area contributed by atoms with Crippen molar-refractivity contribution in [1.82, 2.24) is 0 Å². The number of hydrogen-bond donors (Lipinski definition) is 2. The molecule has 0 aromatic heterocycles. The Morgan fingerprint density at radius 2 is 1.86 bits per heavy atom. The van der Waals surface area contributed by atoms with E-state index in [1.165, 1.54) is 18.6 Å². The van der Waals surface area contributed by atoms with Crippen LogP contribution in [0.15, 0.2) is 42.5 Å². The van der Waals surface area contributed by atoms with Gasteiger partial charge in [-0.2, -0.15) is 0 Å². The Morgan fingerprint density at radius 3 is 2.64 bits per heavy atom. The van der Waals surface area contributed by atoms with Crippen LogP contribution in [0.4, 0.5) is 0 Å². The average Bonchev–Trinajstić information content (AvgIpc) is 3.04. The minimum absolute atomic E-state index is 0.0123. The first kappa shape index (κ1) is 18.4. The summed E-state index contributed by atoms with van der Waals surface area (Å²) in [5.41, 5.74) is 1.06. The third-order valence-electron chi connectivity index (χ3n) is 5.03. The second-order valence-corrected chi connectivity index (χ2v) is 7.08. The largest absolute Gasteiger partial charge is 0.508 e. The Kier molecular flexibility index (Phi) is 4.96. The summed E-state index contributed by atoms with van der Waals surface area (Å²) in [6.07, 6.45) is 7.93. The fourth-order valence-electron chi connectivity index (χ4n) is 3.58. The van der Waals surface area contributed by atoms with Gasteiger partial charge in [0.1, 0.15) is 11.5 Å². The molecule has 1 fully saturated rings. The highest BCUT2D eigenvalue weighted by Gasteiger charge is 2.42. The highest BCUT2D eigenvalue weighted by Crippen LogP contribution is 2.46. The fourth-order valence-corrected chi connectivity index (χ4v) is 3.58. The number of hydrogen-bond acceptors (Lipinski definition) is 6. The van der Waals surface area contributed by atoms with Crippen LogP contribution in [-0.2, 0) is 11.4 Å². The van der Waals surface area contributed by atoms with Crippen molar-refractivity contribution in [2.75, 3.05) is 0 Å². The smallest absolute Gasteiger partial charge is 0.336 e. The van der Waals surface area contributed by atoms with Gasteiger partial charge in [0.25, 0.3) is 5.79 Å². The molecule has 0 atom stereocenters. The lowest BCUT2D eigenvalue weighted by atomic mass is 9.94. The molecular formula is C22H22O6. The van der Waals surface area contributed by atoms with Crippen LogP contribution in [0.2, 0.25) is 0 Å². The highest BCUT2D eigenvalue weighted by molar-refractivity contribution is 5.88. The first-order valence-corrected chi connectivity index (χ1v) is 9.42. The standard InChI is InChI=1S/C22H22O6/c23-14-16-12-15(4-7-18(16)24)5-9-21(25)26-17-6-8-19-20(13-17)28-22(27-19)10-2-1-3-11-22/h4-9,12-13,23-24H,1-3,10-11,14H2/b9-5+. The van der Waals surface area contributed by atoms with Crippen LogP contribution in [0, 0.1) is 0 Å². The van der Waals surface area contributed by atoms with Crippen molar-refractivity contribution in [3.8, 4) is 23.0 Å². The van der Waals surface area contributed by atoms with Gasteiger partial charge in [0.15, 0.2) is 11.5 Å². The fraction of sp³-hybridized carbons (Fsp3) is 0.318. The van der Waals surface area contributed by atoms with Crippen molar-refractivity contribution in [2.45, 2.75) is 44.5 Å². The van der Waals surface area contributed by atoms with Crippen molar-refractivity contribution in [1.29, 1.82) is 0 Å². The monoisotopic (exact) mass is 382 g/mol. The summed E-state index contributed by atoms with van der Waals surface area (Å²) in [5, 5.41) is 18.8. The van der Waals surface area contributed by atoms with Gasteiger partial charge in [-0.15, -0.1) is 0 Å². The number of carbonyl (C=O) groups excluding carboxylic acids is 1. The predicted octanol–water partition coefficient (Wildman–Crippen LogP) is 3.93. The van der Waals surface area contributed by atoms with Crippen molar-refractivity contribution < 1.29 is 29.2 Å². The number of aliphatic hydroxyl groups excluding tert-OH is 1. The van der Waals surface area contributed by atoms with Gasteiger partial charge >= 0.3 is 5.97 Å². The van der Waals surface area contributed by atoms with Crippen LogP contribution in [0.3, 0.4) is 0 Å². The van der Waals surface area contributed by atoms with E-state index in [0.29, 0.717) is 28.4 Å². The van der Waals surface area contributed by atoms with Gasteiger partial charge < -0.3 is 24.4 Å². The molecule has 1 saturated carbocycles. The van der Waals surface area contributed by atoms with E-state index in [0.717, 1.165) is 25.7 Å². The third kappa shape index (κ3) is 3.82. The molecular weight excluding hydrogens is 360 g/mol. The molecule has 1 aliphatic heterocycles. The molecule has 0 bridgehead atoms. The van der Waals surface area contributed by atoms with E-state index >= 15 is 0 Å². The van der Waals surface area contributed by atoms with Gasteiger partial charge in [0, 0.05) is 30.5 Å². The number of phenols is 1. The summed E-state index contributed by atoms with van der Waals surface area (Å²) in [5.74, 6) is 0.571. The molecule has 0 radical (unpaired) electrons. The van der Waals surface area contributed by atoms with Gasteiger partial charge in [0.2, 0.25) is 0 Å². The van der Waals surface area contributed by atoms with Crippen LogP contribution < -0.4 is 14.2 Å². The molecule has 146 valence electrons. The lowest BCUT2D eigenvalue weighted by molar-refractivity contribution is -0.128. The zero-order valence-electron chi connectivity index (χ0n) is 15.4. The summed E-state index contributed by atoms with van der Waals surface area (Å²) in [7, 11) is 0. The number of fused-ring (bicyclic) bond motifs is 1. The van der Waals surface area contributed by atoms with E-state index in [1.807, 2.05) is 0 Å². The molecule has 6 nitrogen and oxygen atoms in total. The molecule has 2 aromatic rings. The number of aromatic hydroxyl groups is 1. The second kappa shape index (κ2) is 7.56. The van der Waals surface area contributed by atoms with Crippen molar-refractivity contribution in [3.05, 3.63) is 53.6 Å². The van der Waals surface area contributed by atoms with Crippen LogP contribution in [0.25, 0.3) is 6.08 Å². The molecule has 1 spiro atoms. The second-order valence-electron chi connectivity index (χ2n) is 7.08. The number of carbonyl (C=O) groups is 1. The summed E-state index contributed by atoms with van der Waals surface area (Å²) in [6.45, 7) is -0.281. The first-order chi connectivity index (χ1) is 13.6. The van der Waals surface area contributed by atoms with Crippen LogP contribution >= 0.6 is 0 Å². The molecule has 0 amide bonds. The number of benzene rings is 2. The molecule has 2 aliphatic rings. The summed E-state index contributed by atoms with van der Waals surface area (Å²) >= 11 is 0. The number of aliphatic hydroxyl groups is 1. The zero-order chi connectivity index (χ0) is 19.6. The molecule has 28 heavy (non-hydrogen) atoms. The van der Waals surface area contributed by atoms with Gasteiger partial charge in [0.05, 0.1) is 6.61 Å². The maximum absolute atomic E-state index is 12.1. The molecule has 2 aromatic carbocycles. The third-order valence-corrected chi connectivity index (χ3v) is 5.03. The molecule has 1 heterocycles. The molecule has 1 aliphatic carbocycles. The number of ether oxygens (including phenoxy) is 3. The van der Waals surface area contributed by atoms with Crippen LogP contribution in [0.1, 0.15) is 43.2 Å². The van der Waals surface area contributed by atoms with E-state index in [1.54, 1.807) is 36.4 Å². The summed E-state index contributed by atoms with van der Waals surface area (Å²) < 4.78 is 17.4. The maximum atomic E-state index is 12.1. The van der Waals surface area contributed by atoms with Crippen LogP contribution in [-0.4, -0.2) is 22.0 Å². The Balaban J connectivity index is 1.41. The minimum atomic E-state index is -0.563. The first-order valence-electron chi connectivity index (χ1n) is 9.42. The number of rotatable bonds is 4. The molecule has 0 saturated heterocycles. The van der Waals surface area contributed by atoms with Gasteiger partial charge in [-0.3, -0.25) is 0 Å². The number of esters is 1.